The molecule has 1 fully saturated rings. The molecule has 56 valence electrons. The van der Waals surface area contributed by atoms with Crippen molar-refractivity contribution in [1.82, 2.24) is 15.6 Å². The Hall–Kier alpha value is -0.770. The molecule has 1 atom stereocenters. The molecule has 0 aromatic carbocycles. The normalized spacial score (nSPS) is 31.2. The Morgan fingerprint density at radius 2 is 2.50 bits per heavy atom. The predicted molar refractivity (Wildman–Crippen MR) is 39.4 cm³/mol. The van der Waals surface area contributed by atoms with Gasteiger partial charge in [0.25, 0.3) is 0 Å². The standard InChI is InChI=1S/C6H12N4/c1-2-4-10-5-8-9-6(10)7-3-1/h5-7,9H,1-4H2. The van der Waals surface area contributed by atoms with E-state index < -0.39 is 0 Å². The molecule has 0 radical (unpaired) electrons. The molecule has 10 heavy (non-hydrogen) atoms. The Kier molecular flexibility index (Phi) is 1.47. The van der Waals surface area contributed by atoms with Crippen LogP contribution in [0, 0.1) is 0 Å². The first-order valence-corrected chi connectivity index (χ1v) is 3.75. The maximum absolute atomic E-state index is 3.96. The van der Waals surface area contributed by atoms with Crippen molar-refractivity contribution in [3.63, 3.8) is 0 Å². The van der Waals surface area contributed by atoms with Gasteiger partial charge in [-0.3, -0.25) is 10.7 Å². The van der Waals surface area contributed by atoms with Crippen LogP contribution in [0.2, 0.25) is 0 Å². The van der Waals surface area contributed by atoms with E-state index in [4.69, 9.17) is 0 Å². The Morgan fingerprint density at radius 3 is 3.50 bits per heavy atom. The van der Waals surface area contributed by atoms with E-state index in [2.05, 4.69) is 20.7 Å². The van der Waals surface area contributed by atoms with Gasteiger partial charge in [-0.15, -0.1) is 0 Å². The predicted octanol–water partition coefficient (Wildman–Crippen LogP) is -0.498. The van der Waals surface area contributed by atoms with Gasteiger partial charge in [-0.2, -0.15) is 5.10 Å². The molecule has 0 aliphatic carbocycles. The monoisotopic (exact) mass is 140 g/mol. The molecular weight excluding hydrogens is 128 g/mol. The molecular formula is C6H12N4. The van der Waals surface area contributed by atoms with E-state index in [0.717, 1.165) is 13.1 Å². The molecule has 0 bridgehead atoms. The third-order valence-corrected chi connectivity index (χ3v) is 1.92. The molecule has 4 heteroatoms. The van der Waals surface area contributed by atoms with E-state index in [1.807, 2.05) is 6.34 Å². The van der Waals surface area contributed by atoms with Crippen molar-refractivity contribution in [2.75, 3.05) is 13.1 Å². The maximum atomic E-state index is 3.96. The average Bonchev–Trinajstić information content (AvgIpc) is 2.28. The molecule has 2 N–H and O–H groups in total. The van der Waals surface area contributed by atoms with Crippen LogP contribution in [0.1, 0.15) is 12.8 Å². The van der Waals surface area contributed by atoms with Crippen molar-refractivity contribution in [1.29, 1.82) is 0 Å². The van der Waals surface area contributed by atoms with Gasteiger partial charge in [-0.1, -0.05) is 0 Å². The van der Waals surface area contributed by atoms with Gasteiger partial charge in [-0.05, 0) is 19.4 Å². The smallest absolute Gasteiger partial charge is 0.171 e. The van der Waals surface area contributed by atoms with Gasteiger partial charge < -0.3 is 4.90 Å². The second-order valence-corrected chi connectivity index (χ2v) is 2.68. The van der Waals surface area contributed by atoms with E-state index in [1.165, 1.54) is 12.8 Å². The summed E-state index contributed by atoms with van der Waals surface area (Å²) in [6.45, 7) is 2.21. The van der Waals surface area contributed by atoms with Gasteiger partial charge in [0.2, 0.25) is 0 Å². The molecule has 2 aliphatic heterocycles. The Labute approximate surface area is 60.3 Å². The lowest BCUT2D eigenvalue weighted by Crippen LogP contribution is -2.46. The van der Waals surface area contributed by atoms with Gasteiger partial charge in [0, 0.05) is 6.54 Å². The fourth-order valence-corrected chi connectivity index (χ4v) is 1.33. The summed E-state index contributed by atoms with van der Waals surface area (Å²) in [5.74, 6) is 0. The summed E-state index contributed by atoms with van der Waals surface area (Å²) < 4.78 is 0. The fraction of sp³-hybridized carbons (Fsp3) is 0.833. The summed E-state index contributed by atoms with van der Waals surface area (Å²) in [5, 5.41) is 7.29. The fourth-order valence-electron chi connectivity index (χ4n) is 1.33. The summed E-state index contributed by atoms with van der Waals surface area (Å²) >= 11 is 0. The SMILES string of the molecule is C1=NNC2NCCCCN12. The first kappa shape index (κ1) is 5.97. The minimum absolute atomic E-state index is 0.266. The number of nitrogens with one attached hydrogen (secondary N) is 2. The summed E-state index contributed by atoms with van der Waals surface area (Å²) in [5.41, 5.74) is 2.98. The third kappa shape index (κ3) is 0.945. The number of hydrazone groups is 1. The summed E-state index contributed by atoms with van der Waals surface area (Å²) in [7, 11) is 0. The molecule has 0 spiro atoms. The second-order valence-electron chi connectivity index (χ2n) is 2.68. The van der Waals surface area contributed by atoms with E-state index in [9.17, 15) is 0 Å². The largest absolute Gasteiger partial charge is 0.327 e. The third-order valence-electron chi connectivity index (χ3n) is 1.92. The summed E-state index contributed by atoms with van der Waals surface area (Å²) in [6.07, 6.45) is 4.66. The maximum Gasteiger partial charge on any atom is 0.171 e. The highest BCUT2D eigenvalue weighted by Crippen LogP contribution is 2.03. The van der Waals surface area contributed by atoms with Gasteiger partial charge in [0.15, 0.2) is 6.29 Å². The minimum Gasteiger partial charge on any atom is -0.327 e. The molecule has 2 aliphatic rings. The molecule has 2 rings (SSSR count). The van der Waals surface area contributed by atoms with Crippen LogP contribution in [0.3, 0.4) is 0 Å². The molecule has 0 amide bonds. The molecule has 1 unspecified atom stereocenters. The number of fused-ring (bicyclic) bond motifs is 1. The van der Waals surface area contributed by atoms with Crippen LogP contribution < -0.4 is 10.7 Å². The first-order chi connectivity index (χ1) is 4.97. The lowest BCUT2D eigenvalue weighted by molar-refractivity contribution is 0.280. The summed E-state index contributed by atoms with van der Waals surface area (Å²) in [4.78, 5) is 2.19. The second kappa shape index (κ2) is 2.46. The number of nitrogens with zero attached hydrogens (tertiary/aromatic N) is 2. The van der Waals surface area contributed by atoms with Crippen molar-refractivity contribution in [2.45, 2.75) is 19.1 Å². The summed E-state index contributed by atoms with van der Waals surface area (Å²) in [6, 6.07) is 0. The van der Waals surface area contributed by atoms with Crippen molar-refractivity contribution in [2.24, 2.45) is 5.10 Å². The van der Waals surface area contributed by atoms with Crippen LogP contribution in [-0.4, -0.2) is 30.6 Å². The van der Waals surface area contributed by atoms with Crippen LogP contribution in [0.4, 0.5) is 0 Å². The van der Waals surface area contributed by atoms with E-state index in [1.54, 1.807) is 0 Å². The number of rotatable bonds is 0. The van der Waals surface area contributed by atoms with Gasteiger partial charge in [0.1, 0.15) is 6.34 Å². The average molecular weight is 140 g/mol. The minimum atomic E-state index is 0.266. The van der Waals surface area contributed by atoms with E-state index >= 15 is 0 Å². The van der Waals surface area contributed by atoms with Gasteiger partial charge >= 0.3 is 0 Å². The first-order valence-electron chi connectivity index (χ1n) is 3.75. The molecule has 2 heterocycles. The Balaban J connectivity index is 2.00. The van der Waals surface area contributed by atoms with E-state index in [0.29, 0.717) is 0 Å². The van der Waals surface area contributed by atoms with Crippen LogP contribution in [-0.2, 0) is 0 Å². The topological polar surface area (TPSA) is 39.7 Å². The molecule has 4 nitrogen and oxygen atoms in total. The highest BCUT2D eigenvalue weighted by atomic mass is 15.6. The van der Waals surface area contributed by atoms with Crippen molar-refractivity contribution >= 4 is 6.34 Å². The zero-order chi connectivity index (χ0) is 6.81. The number of hydrogen-bond acceptors (Lipinski definition) is 4. The molecule has 1 saturated heterocycles. The van der Waals surface area contributed by atoms with Crippen molar-refractivity contribution in [3.8, 4) is 0 Å². The van der Waals surface area contributed by atoms with Crippen LogP contribution in [0.15, 0.2) is 5.10 Å². The highest BCUT2D eigenvalue weighted by Gasteiger charge is 2.20. The van der Waals surface area contributed by atoms with Crippen molar-refractivity contribution < 1.29 is 0 Å². The Morgan fingerprint density at radius 1 is 1.50 bits per heavy atom. The number of hydrogen-bond donors (Lipinski definition) is 2. The Bertz CT molecular complexity index is 145. The van der Waals surface area contributed by atoms with Gasteiger partial charge in [-0.25, -0.2) is 0 Å². The lowest BCUT2D eigenvalue weighted by Gasteiger charge is -2.20. The highest BCUT2D eigenvalue weighted by molar-refractivity contribution is 5.56. The van der Waals surface area contributed by atoms with E-state index in [-0.39, 0.29) is 6.29 Å². The van der Waals surface area contributed by atoms with Crippen LogP contribution >= 0.6 is 0 Å². The molecule has 0 aromatic heterocycles. The van der Waals surface area contributed by atoms with Crippen molar-refractivity contribution in [3.05, 3.63) is 0 Å². The lowest BCUT2D eigenvalue weighted by atomic mass is 10.3. The quantitative estimate of drug-likeness (QED) is 0.476. The zero-order valence-corrected chi connectivity index (χ0v) is 5.88. The molecule has 0 aromatic rings. The van der Waals surface area contributed by atoms with Crippen LogP contribution in [0.5, 0.6) is 0 Å². The zero-order valence-electron chi connectivity index (χ0n) is 5.88. The molecule has 0 saturated carbocycles. The van der Waals surface area contributed by atoms with Gasteiger partial charge in [0.05, 0.1) is 0 Å². The van der Waals surface area contributed by atoms with Crippen LogP contribution in [0.25, 0.3) is 0 Å².